The van der Waals surface area contributed by atoms with E-state index in [4.69, 9.17) is 5.11 Å². The van der Waals surface area contributed by atoms with E-state index >= 15 is 0 Å². The molecule has 0 saturated heterocycles. The van der Waals surface area contributed by atoms with Gasteiger partial charge in [-0.25, -0.2) is 4.79 Å². The molecule has 0 amide bonds. The molecule has 2 aromatic heterocycles. The summed E-state index contributed by atoms with van der Waals surface area (Å²) in [7, 11) is 0. The summed E-state index contributed by atoms with van der Waals surface area (Å²) < 4.78 is 0. The predicted molar refractivity (Wildman–Crippen MR) is 73.3 cm³/mol. The second-order valence-electron chi connectivity index (χ2n) is 4.25. The Morgan fingerprint density at radius 1 is 1.32 bits per heavy atom. The first kappa shape index (κ1) is 13.6. The lowest BCUT2D eigenvalue weighted by Gasteiger charge is -2.03. The molecule has 0 saturated carbocycles. The van der Waals surface area contributed by atoms with Crippen LogP contribution in [-0.4, -0.2) is 21.0 Å². The van der Waals surface area contributed by atoms with E-state index < -0.39 is 5.97 Å². The molecule has 0 aromatic carbocycles. The second kappa shape index (κ2) is 5.90. The van der Waals surface area contributed by atoms with Crippen LogP contribution < -0.4 is 5.32 Å². The molecule has 5 nitrogen and oxygen atoms in total. The molecule has 0 aliphatic rings. The van der Waals surface area contributed by atoms with E-state index in [2.05, 4.69) is 15.3 Å². The lowest BCUT2D eigenvalue weighted by atomic mass is 10.2. The first-order valence-electron chi connectivity index (χ1n) is 5.87. The molecule has 0 bridgehead atoms. The number of aromatic carboxylic acids is 1. The number of aromatic nitrogens is 2. The van der Waals surface area contributed by atoms with Crippen molar-refractivity contribution in [2.75, 3.05) is 0 Å². The molecule has 100 valence electrons. The van der Waals surface area contributed by atoms with Crippen LogP contribution in [0.5, 0.6) is 0 Å². The molecule has 2 rings (SSSR count). The molecule has 0 aliphatic heterocycles. The highest BCUT2D eigenvalue weighted by Crippen LogP contribution is 2.21. The monoisotopic (exact) mass is 277 g/mol. The fourth-order valence-electron chi connectivity index (χ4n) is 1.64. The van der Waals surface area contributed by atoms with Gasteiger partial charge in [-0.2, -0.15) is 0 Å². The van der Waals surface area contributed by atoms with Crippen molar-refractivity contribution in [3.05, 3.63) is 45.2 Å². The zero-order chi connectivity index (χ0) is 13.8. The van der Waals surface area contributed by atoms with Gasteiger partial charge in [0, 0.05) is 30.4 Å². The maximum atomic E-state index is 10.9. The number of rotatable bonds is 5. The molecule has 0 unspecified atom stereocenters. The average Bonchev–Trinajstić information content (AvgIpc) is 2.74. The van der Waals surface area contributed by atoms with Crippen molar-refractivity contribution >= 4 is 17.3 Å². The van der Waals surface area contributed by atoms with Gasteiger partial charge in [-0.05, 0) is 25.5 Å². The Labute approximate surface area is 115 Å². The fourth-order valence-corrected chi connectivity index (χ4v) is 2.52. The number of thiophene rings is 1. The Balaban J connectivity index is 1.92. The maximum absolute atomic E-state index is 10.9. The quantitative estimate of drug-likeness (QED) is 0.875. The van der Waals surface area contributed by atoms with Gasteiger partial charge < -0.3 is 10.4 Å². The van der Waals surface area contributed by atoms with E-state index in [-0.39, 0.29) is 0 Å². The van der Waals surface area contributed by atoms with Crippen LogP contribution in [0.4, 0.5) is 0 Å². The average molecular weight is 277 g/mol. The number of carboxylic acid groups (broad SMARTS) is 1. The molecule has 0 spiro atoms. The number of carbonyl (C=O) groups is 1. The number of aryl methyl sites for hydroxylation is 2. The van der Waals surface area contributed by atoms with Crippen LogP contribution in [0.15, 0.2) is 18.5 Å². The minimum absolute atomic E-state index is 0.379. The van der Waals surface area contributed by atoms with Gasteiger partial charge in [-0.1, -0.05) is 0 Å². The summed E-state index contributed by atoms with van der Waals surface area (Å²) in [6.45, 7) is 5.07. The van der Waals surface area contributed by atoms with Crippen molar-refractivity contribution < 1.29 is 9.90 Å². The SMILES string of the molecule is Cc1cnc(CNCc2cc(C(=O)O)sc2C)cn1. The lowest BCUT2D eigenvalue weighted by Crippen LogP contribution is -2.14. The van der Waals surface area contributed by atoms with E-state index in [9.17, 15) is 4.79 Å². The third kappa shape index (κ3) is 3.59. The number of nitrogens with zero attached hydrogens (tertiary/aromatic N) is 2. The molecule has 6 heteroatoms. The van der Waals surface area contributed by atoms with Crippen LogP contribution in [0, 0.1) is 13.8 Å². The van der Waals surface area contributed by atoms with Gasteiger partial charge >= 0.3 is 5.97 Å². The van der Waals surface area contributed by atoms with E-state index in [0.29, 0.717) is 18.0 Å². The number of hydrogen-bond donors (Lipinski definition) is 2. The molecule has 2 heterocycles. The third-order valence-corrected chi connectivity index (χ3v) is 3.77. The van der Waals surface area contributed by atoms with Crippen molar-refractivity contribution in [3.8, 4) is 0 Å². The van der Waals surface area contributed by atoms with Gasteiger partial charge in [0.2, 0.25) is 0 Å². The van der Waals surface area contributed by atoms with Crippen LogP contribution in [-0.2, 0) is 13.1 Å². The molecule has 0 atom stereocenters. The summed E-state index contributed by atoms with van der Waals surface area (Å²) >= 11 is 1.30. The van der Waals surface area contributed by atoms with Crippen LogP contribution in [0.25, 0.3) is 0 Å². The first-order chi connectivity index (χ1) is 9.06. The Kier molecular flexibility index (Phi) is 4.24. The number of carboxylic acids is 1. The first-order valence-corrected chi connectivity index (χ1v) is 6.69. The van der Waals surface area contributed by atoms with Gasteiger partial charge in [-0.3, -0.25) is 9.97 Å². The van der Waals surface area contributed by atoms with Crippen molar-refractivity contribution in [2.24, 2.45) is 0 Å². The van der Waals surface area contributed by atoms with Crippen molar-refractivity contribution in [3.63, 3.8) is 0 Å². The summed E-state index contributed by atoms with van der Waals surface area (Å²) in [6, 6.07) is 1.72. The highest BCUT2D eigenvalue weighted by atomic mass is 32.1. The molecule has 19 heavy (non-hydrogen) atoms. The molecule has 0 aliphatic carbocycles. The highest BCUT2D eigenvalue weighted by Gasteiger charge is 2.10. The third-order valence-electron chi connectivity index (χ3n) is 2.69. The Bertz CT molecular complexity index is 578. The van der Waals surface area contributed by atoms with Gasteiger partial charge in [0.25, 0.3) is 0 Å². The number of hydrogen-bond acceptors (Lipinski definition) is 5. The molecular formula is C13H15N3O2S. The van der Waals surface area contributed by atoms with E-state index in [0.717, 1.165) is 21.8 Å². The lowest BCUT2D eigenvalue weighted by molar-refractivity contribution is 0.0702. The predicted octanol–water partition coefficient (Wildman–Crippen LogP) is 2.14. The van der Waals surface area contributed by atoms with Crippen molar-refractivity contribution in [2.45, 2.75) is 26.9 Å². The van der Waals surface area contributed by atoms with E-state index in [1.54, 1.807) is 18.5 Å². The van der Waals surface area contributed by atoms with E-state index in [1.807, 2.05) is 13.8 Å². The number of nitrogens with one attached hydrogen (secondary N) is 1. The molecule has 0 radical (unpaired) electrons. The van der Waals surface area contributed by atoms with Crippen molar-refractivity contribution in [1.82, 2.24) is 15.3 Å². The molecule has 2 N–H and O–H groups in total. The summed E-state index contributed by atoms with van der Waals surface area (Å²) in [5, 5.41) is 12.2. The zero-order valence-electron chi connectivity index (χ0n) is 10.8. The maximum Gasteiger partial charge on any atom is 0.345 e. The molecular weight excluding hydrogens is 262 g/mol. The fraction of sp³-hybridized carbons (Fsp3) is 0.308. The van der Waals surface area contributed by atoms with Crippen molar-refractivity contribution in [1.29, 1.82) is 0 Å². The van der Waals surface area contributed by atoms with Crippen LogP contribution in [0.3, 0.4) is 0 Å². The standard InChI is InChI=1S/C13H15N3O2S/c1-8-4-16-11(7-15-8)6-14-5-10-3-12(13(17)18)19-9(10)2/h3-4,7,14H,5-6H2,1-2H3,(H,17,18). The van der Waals surface area contributed by atoms with Crippen LogP contribution >= 0.6 is 11.3 Å². The van der Waals surface area contributed by atoms with Crippen LogP contribution in [0.1, 0.15) is 31.5 Å². The normalized spacial score (nSPS) is 10.6. The van der Waals surface area contributed by atoms with Gasteiger partial charge in [0.15, 0.2) is 0 Å². The summed E-state index contributed by atoms with van der Waals surface area (Å²) in [5.74, 6) is -0.872. The van der Waals surface area contributed by atoms with Gasteiger partial charge in [-0.15, -0.1) is 11.3 Å². The smallest absolute Gasteiger partial charge is 0.345 e. The van der Waals surface area contributed by atoms with Crippen LogP contribution in [0.2, 0.25) is 0 Å². The summed E-state index contributed by atoms with van der Waals surface area (Å²) in [5.41, 5.74) is 2.78. The summed E-state index contributed by atoms with van der Waals surface area (Å²) in [6.07, 6.45) is 3.47. The zero-order valence-corrected chi connectivity index (χ0v) is 11.6. The highest BCUT2D eigenvalue weighted by molar-refractivity contribution is 7.14. The summed E-state index contributed by atoms with van der Waals surface area (Å²) in [4.78, 5) is 20.7. The molecule has 0 fully saturated rings. The van der Waals surface area contributed by atoms with E-state index in [1.165, 1.54) is 11.3 Å². The molecule has 2 aromatic rings. The topological polar surface area (TPSA) is 75.1 Å². The second-order valence-corrected chi connectivity index (χ2v) is 5.51. The minimum Gasteiger partial charge on any atom is -0.477 e. The minimum atomic E-state index is -0.872. The van der Waals surface area contributed by atoms with Gasteiger partial charge in [0.05, 0.1) is 11.4 Å². The Morgan fingerprint density at radius 3 is 2.68 bits per heavy atom. The largest absolute Gasteiger partial charge is 0.477 e. The Morgan fingerprint density at radius 2 is 2.11 bits per heavy atom. The Hall–Kier alpha value is -1.79. The van der Waals surface area contributed by atoms with Gasteiger partial charge in [0.1, 0.15) is 4.88 Å².